The second-order valence-electron chi connectivity index (χ2n) is 3.94. The van der Waals surface area contributed by atoms with Crippen LogP contribution in [0.5, 0.6) is 0 Å². The van der Waals surface area contributed by atoms with Gasteiger partial charge in [-0.25, -0.2) is 4.39 Å². The summed E-state index contributed by atoms with van der Waals surface area (Å²) in [4.78, 5) is 4.28. The van der Waals surface area contributed by atoms with Crippen molar-refractivity contribution in [3.8, 4) is 0 Å². The molecule has 0 aliphatic carbocycles. The van der Waals surface area contributed by atoms with E-state index in [2.05, 4.69) is 16.4 Å². The zero-order valence-electron chi connectivity index (χ0n) is 9.19. The summed E-state index contributed by atoms with van der Waals surface area (Å²) in [5, 5.41) is 0. The molecule has 0 amide bonds. The smallest absolute Gasteiger partial charge is 0.123 e. The number of rotatable bonds is 2. The fourth-order valence-electron chi connectivity index (χ4n) is 1.90. The Morgan fingerprint density at radius 1 is 1.12 bits per heavy atom. The lowest BCUT2D eigenvalue weighted by molar-refractivity contribution is 0.319. The van der Waals surface area contributed by atoms with Crippen LogP contribution in [0.1, 0.15) is 0 Å². The van der Waals surface area contributed by atoms with Crippen LogP contribution < -0.4 is 10.6 Å². The Bertz CT molecular complexity index is 366. The molecule has 1 aromatic rings. The molecule has 1 saturated heterocycles. The van der Waals surface area contributed by atoms with Crippen molar-refractivity contribution in [1.82, 2.24) is 4.90 Å². The Morgan fingerprint density at radius 2 is 1.69 bits per heavy atom. The molecule has 0 saturated carbocycles. The van der Waals surface area contributed by atoms with Crippen LogP contribution in [-0.4, -0.2) is 31.1 Å². The van der Waals surface area contributed by atoms with Crippen LogP contribution in [0.3, 0.4) is 0 Å². The number of halogens is 1. The summed E-state index contributed by atoms with van der Waals surface area (Å²) in [5.41, 5.74) is 6.69. The van der Waals surface area contributed by atoms with Crippen molar-refractivity contribution in [2.45, 2.75) is 0 Å². The standard InChI is InChI=1S/C12H16FN3/c1-10(14)15-6-8-16(9-7-15)12-4-2-11(13)3-5-12/h2-5H,1,6-9,14H2. The average Bonchev–Trinajstić information content (AvgIpc) is 2.30. The molecule has 16 heavy (non-hydrogen) atoms. The molecule has 1 aromatic carbocycles. The molecule has 1 fully saturated rings. The van der Waals surface area contributed by atoms with Crippen LogP contribution in [0, 0.1) is 5.82 Å². The van der Waals surface area contributed by atoms with Gasteiger partial charge in [-0.3, -0.25) is 0 Å². The fourth-order valence-corrected chi connectivity index (χ4v) is 1.90. The molecule has 0 atom stereocenters. The molecule has 4 heteroatoms. The predicted molar refractivity (Wildman–Crippen MR) is 63.5 cm³/mol. The van der Waals surface area contributed by atoms with Crippen LogP contribution in [0.2, 0.25) is 0 Å². The lowest BCUT2D eigenvalue weighted by atomic mass is 10.2. The van der Waals surface area contributed by atoms with Crippen LogP contribution in [0.4, 0.5) is 10.1 Å². The van der Waals surface area contributed by atoms with Gasteiger partial charge >= 0.3 is 0 Å². The van der Waals surface area contributed by atoms with Crippen molar-refractivity contribution in [3.63, 3.8) is 0 Å². The van der Waals surface area contributed by atoms with Crippen molar-refractivity contribution in [3.05, 3.63) is 42.5 Å². The minimum Gasteiger partial charge on any atom is -0.386 e. The Balaban J connectivity index is 1.99. The van der Waals surface area contributed by atoms with Crippen molar-refractivity contribution in [2.24, 2.45) is 5.73 Å². The highest BCUT2D eigenvalue weighted by atomic mass is 19.1. The highest BCUT2D eigenvalue weighted by Gasteiger charge is 2.16. The number of hydrogen-bond donors (Lipinski definition) is 1. The zero-order chi connectivity index (χ0) is 11.5. The Kier molecular flexibility index (Phi) is 2.99. The van der Waals surface area contributed by atoms with E-state index in [0.29, 0.717) is 5.82 Å². The maximum Gasteiger partial charge on any atom is 0.123 e. The van der Waals surface area contributed by atoms with Gasteiger partial charge in [0.25, 0.3) is 0 Å². The average molecular weight is 221 g/mol. The lowest BCUT2D eigenvalue weighted by Gasteiger charge is -2.37. The second-order valence-corrected chi connectivity index (χ2v) is 3.94. The summed E-state index contributed by atoms with van der Waals surface area (Å²) in [7, 11) is 0. The van der Waals surface area contributed by atoms with Crippen molar-refractivity contribution < 1.29 is 4.39 Å². The molecule has 0 unspecified atom stereocenters. The topological polar surface area (TPSA) is 32.5 Å². The minimum atomic E-state index is -0.197. The summed E-state index contributed by atoms with van der Waals surface area (Å²) >= 11 is 0. The summed E-state index contributed by atoms with van der Waals surface area (Å²) < 4.78 is 12.8. The Morgan fingerprint density at radius 3 is 2.19 bits per heavy atom. The first-order valence-corrected chi connectivity index (χ1v) is 5.36. The molecule has 1 aliphatic heterocycles. The van der Waals surface area contributed by atoms with Crippen LogP contribution in [0.15, 0.2) is 36.7 Å². The SMILES string of the molecule is C=C(N)N1CCN(c2ccc(F)cc2)CC1. The molecule has 0 aromatic heterocycles. The van der Waals surface area contributed by atoms with Crippen LogP contribution in [-0.2, 0) is 0 Å². The molecule has 1 heterocycles. The van der Waals surface area contributed by atoms with Gasteiger partial charge in [-0.15, -0.1) is 0 Å². The molecular formula is C12H16FN3. The van der Waals surface area contributed by atoms with Crippen molar-refractivity contribution in [1.29, 1.82) is 0 Å². The molecular weight excluding hydrogens is 205 g/mol. The molecule has 2 N–H and O–H groups in total. The van der Waals surface area contributed by atoms with Gasteiger partial charge in [-0.2, -0.15) is 0 Å². The van der Waals surface area contributed by atoms with Gasteiger partial charge in [0.2, 0.25) is 0 Å². The number of piperazine rings is 1. The van der Waals surface area contributed by atoms with E-state index in [9.17, 15) is 4.39 Å². The molecule has 0 radical (unpaired) electrons. The monoisotopic (exact) mass is 221 g/mol. The van der Waals surface area contributed by atoms with E-state index < -0.39 is 0 Å². The summed E-state index contributed by atoms with van der Waals surface area (Å²) in [6, 6.07) is 6.59. The van der Waals surface area contributed by atoms with Crippen LogP contribution in [0.25, 0.3) is 0 Å². The van der Waals surface area contributed by atoms with Gasteiger partial charge in [-0.05, 0) is 24.3 Å². The first-order chi connectivity index (χ1) is 7.66. The summed E-state index contributed by atoms with van der Waals surface area (Å²) in [6.07, 6.45) is 0. The molecule has 3 nitrogen and oxygen atoms in total. The number of hydrogen-bond acceptors (Lipinski definition) is 3. The third-order valence-corrected chi connectivity index (χ3v) is 2.88. The van der Waals surface area contributed by atoms with Crippen molar-refractivity contribution >= 4 is 5.69 Å². The maximum absolute atomic E-state index is 12.8. The number of nitrogens with zero attached hydrogens (tertiary/aromatic N) is 2. The highest BCUT2D eigenvalue weighted by Crippen LogP contribution is 2.17. The zero-order valence-corrected chi connectivity index (χ0v) is 9.19. The van der Waals surface area contributed by atoms with Crippen LogP contribution >= 0.6 is 0 Å². The third-order valence-electron chi connectivity index (χ3n) is 2.88. The Hall–Kier alpha value is -1.71. The number of benzene rings is 1. The van der Waals surface area contributed by atoms with E-state index in [1.165, 1.54) is 12.1 Å². The van der Waals surface area contributed by atoms with Gasteiger partial charge in [0, 0.05) is 31.9 Å². The first kappa shape index (κ1) is 10.8. The molecule has 0 bridgehead atoms. The number of nitrogens with two attached hydrogens (primary N) is 1. The first-order valence-electron chi connectivity index (χ1n) is 5.36. The second kappa shape index (κ2) is 4.43. The van der Waals surface area contributed by atoms with Gasteiger partial charge in [-0.1, -0.05) is 6.58 Å². The largest absolute Gasteiger partial charge is 0.386 e. The van der Waals surface area contributed by atoms with E-state index in [0.717, 1.165) is 31.9 Å². The number of anilines is 1. The predicted octanol–water partition coefficient (Wildman–Crippen LogP) is 1.38. The molecule has 86 valence electrons. The third kappa shape index (κ3) is 2.27. The van der Waals surface area contributed by atoms with Gasteiger partial charge < -0.3 is 15.5 Å². The molecule has 1 aliphatic rings. The van der Waals surface area contributed by atoms with Gasteiger partial charge in [0.05, 0.1) is 5.82 Å². The maximum atomic E-state index is 12.8. The van der Waals surface area contributed by atoms with E-state index in [1.54, 1.807) is 0 Å². The minimum absolute atomic E-state index is 0.197. The van der Waals surface area contributed by atoms with Gasteiger partial charge in [0.15, 0.2) is 0 Å². The summed E-state index contributed by atoms with van der Waals surface area (Å²) in [5.74, 6) is 0.427. The van der Waals surface area contributed by atoms with Crippen molar-refractivity contribution in [2.75, 3.05) is 31.1 Å². The van der Waals surface area contributed by atoms with E-state index in [1.807, 2.05) is 12.1 Å². The summed E-state index contributed by atoms with van der Waals surface area (Å²) in [6.45, 7) is 7.24. The van der Waals surface area contributed by atoms with E-state index >= 15 is 0 Å². The fraction of sp³-hybridized carbons (Fsp3) is 0.333. The van der Waals surface area contributed by atoms with E-state index in [-0.39, 0.29) is 5.82 Å². The highest BCUT2D eigenvalue weighted by molar-refractivity contribution is 5.46. The molecule has 2 rings (SSSR count). The molecule has 0 spiro atoms. The Labute approximate surface area is 95.0 Å². The van der Waals surface area contributed by atoms with Gasteiger partial charge in [0.1, 0.15) is 5.82 Å². The normalized spacial score (nSPS) is 16.3. The quantitative estimate of drug-likeness (QED) is 0.819. The van der Waals surface area contributed by atoms with E-state index in [4.69, 9.17) is 5.73 Å². The lowest BCUT2D eigenvalue weighted by Crippen LogP contribution is -2.47.